The first kappa shape index (κ1) is 13.8. The Morgan fingerprint density at radius 2 is 1.84 bits per heavy atom. The Morgan fingerprint density at radius 3 is 2.47 bits per heavy atom. The maximum Gasteiger partial charge on any atom is 0.227 e. The number of piperidine rings is 1. The molecule has 2 rings (SSSR count). The van der Waals surface area contributed by atoms with Crippen LogP contribution in [0.3, 0.4) is 0 Å². The maximum atomic E-state index is 12.4. The fourth-order valence-electron chi connectivity index (χ4n) is 2.65. The lowest BCUT2D eigenvalue weighted by molar-refractivity contribution is -0.138. The first-order chi connectivity index (χ1) is 9.08. The van der Waals surface area contributed by atoms with Gasteiger partial charge < -0.3 is 15.1 Å². The van der Waals surface area contributed by atoms with Crippen LogP contribution in [-0.2, 0) is 14.4 Å². The van der Waals surface area contributed by atoms with Gasteiger partial charge in [0.2, 0.25) is 17.7 Å². The van der Waals surface area contributed by atoms with Gasteiger partial charge in [-0.1, -0.05) is 0 Å². The zero-order valence-corrected chi connectivity index (χ0v) is 11.4. The number of rotatable bonds is 1. The molecule has 0 spiro atoms. The minimum absolute atomic E-state index is 0.0303. The maximum absolute atomic E-state index is 12.4. The van der Waals surface area contributed by atoms with Crippen LogP contribution in [-0.4, -0.2) is 60.2 Å². The number of carbonyl (C=O) groups is 3. The van der Waals surface area contributed by atoms with E-state index in [4.69, 9.17) is 0 Å². The fourth-order valence-corrected chi connectivity index (χ4v) is 2.65. The Labute approximate surface area is 113 Å². The molecule has 0 saturated carbocycles. The molecule has 2 aliphatic rings. The summed E-state index contributed by atoms with van der Waals surface area (Å²) in [4.78, 5) is 38.4. The molecule has 1 N–H and O–H groups in total. The van der Waals surface area contributed by atoms with E-state index < -0.39 is 0 Å². The van der Waals surface area contributed by atoms with Gasteiger partial charge in [-0.3, -0.25) is 14.4 Å². The van der Waals surface area contributed by atoms with Gasteiger partial charge in [-0.25, -0.2) is 0 Å². The van der Waals surface area contributed by atoms with Crippen LogP contribution in [0.1, 0.15) is 26.2 Å². The SMILES string of the molecule is CC(=O)N1CCCN(C(=O)C2CCC(=O)NC2)CC1. The van der Waals surface area contributed by atoms with Gasteiger partial charge in [-0.05, 0) is 12.8 Å². The van der Waals surface area contributed by atoms with E-state index in [2.05, 4.69) is 5.32 Å². The van der Waals surface area contributed by atoms with Crippen molar-refractivity contribution < 1.29 is 14.4 Å². The highest BCUT2D eigenvalue weighted by molar-refractivity contribution is 5.84. The van der Waals surface area contributed by atoms with Gasteiger partial charge in [0.15, 0.2) is 0 Å². The number of nitrogens with one attached hydrogen (secondary N) is 1. The second-order valence-electron chi connectivity index (χ2n) is 5.22. The summed E-state index contributed by atoms with van der Waals surface area (Å²) in [6.45, 7) is 4.65. The molecule has 2 fully saturated rings. The molecule has 19 heavy (non-hydrogen) atoms. The van der Waals surface area contributed by atoms with Gasteiger partial charge in [0.05, 0.1) is 5.92 Å². The Balaban J connectivity index is 1.89. The number of carbonyl (C=O) groups excluding carboxylic acids is 3. The highest BCUT2D eigenvalue weighted by atomic mass is 16.2. The summed E-state index contributed by atoms with van der Waals surface area (Å²) in [5.74, 6) is 0.119. The fraction of sp³-hybridized carbons (Fsp3) is 0.769. The zero-order valence-electron chi connectivity index (χ0n) is 11.4. The molecule has 2 aliphatic heterocycles. The van der Waals surface area contributed by atoms with Crippen LogP contribution in [0.4, 0.5) is 0 Å². The first-order valence-corrected chi connectivity index (χ1v) is 6.89. The standard InChI is InChI=1S/C13H21N3O3/c1-10(17)15-5-2-6-16(8-7-15)13(19)11-3-4-12(18)14-9-11/h11H,2-9H2,1H3,(H,14,18). The molecule has 2 heterocycles. The van der Waals surface area contributed by atoms with Crippen molar-refractivity contribution in [1.82, 2.24) is 15.1 Å². The first-order valence-electron chi connectivity index (χ1n) is 6.89. The van der Waals surface area contributed by atoms with E-state index in [9.17, 15) is 14.4 Å². The number of hydrogen-bond acceptors (Lipinski definition) is 3. The van der Waals surface area contributed by atoms with Crippen LogP contribution >= 0.6 is 0 Å². The monoisotopic (exact) mass is 267 g/mol. The second kappa shape index (κ2) is 6.04. The highest BCUT2D eigenvalue weighted by Crippen LogP contribution is 2.15. The molecule has 2 saturated heterocycles. The molecule has 0 radical (unpaired) electrons. The van der Waals surface area contributed by atoms with Crippen molar-refractivity contribution in [2.75, 3.05) is 32.7 Å². The van der Waals surface area contributed by atoms with Crippen molar-refractivity contribution in [3.8, 4) is 0 Å². The van der Waals surface area contributed by atoms with Crippen LogP contribution in [0, 0.1) is 5.92 Å². The van der Waals surface area contributed by atoms with E-state index in [0.29, 0.717) is 39.0 Å². The lowest BCUT2D eigenvalue weighted by Gasteiger charge is -2.28. The predicted octanol–water partition coefficient (Wildman–Crippen LogP) is -0.407. The normalized spacial score (nSPS) is 24.7. The van der Waals surface area contributed by atoms with Gasteiger partial charge in [-0.2, -0.15) is 0 Å². The topological polar surface area (TPSA) is 69.7 Å². The summed E-state index contributed by atoms with van der Waals surface area (Å²) in [7, 11) is 0. The minimum Gasteiger partial charge on any atom is -0.355 e. The highest BCUT2D eigenvalue weighted by Gasteiger charge is 2.29. The van der Waals surface area contributed by atoms with Crippen molar-refractivity contribution in [2.24, 2.45) is 5.92 Å². The van der Waals surface area contributed by atoms with Crippen molar-refractivity contribution in [3.05, 3.63) is 0 Å². The molecule has 0 bridgehead atoms. The number of nitrogens with zero attached hydrogens (tertiary/aromatic N) is 2. The summed E-state index contributed by atoms with van der Waals surface area (Å²) < 4.78 is 0. The Bertz CT molecular complexity index is 373. The summed E-state index contributed by atoms with van der Waals surface area (Å²) in [5, 5.41) is 2.74. The smallest absolute Gasteiger partial charge is 0.227 e. The summed E-state index contributed by atoms with van der Waals surface area (Å²) >= 11 is 0. The Morgan fingerprint density at radius 1 is 1.16 bits per heavy atom. The molecule has 106 valence electrons. The molecular formula is C13H21N3O3. The lowest BCUT2D eigenvalue weighted by atomic mass is 9.97. The molecule has 3 amide bonds. The molecule has 0 aromatic heterocycles. The van der Waals surface area contributed by atoms with Gasteiger partial charge >= 0.3 is 0 Å². The second-order valence-corrected chi connectivity index (χ2v) is 5.22. The van der Waals surface area contributed by atoms with E-state index in [1.807, 2.05) is 4.90 Å². The van der Waals surface area contributed by atoms with Crippen LogP contribution < -0.4 is 5.32 Å². The summed E-state index contributed by atoms with van der Waals surface area (Å²) in [6, 6.07) is 0. The van der Waals surface area contributed by atoms with Crippen LogP contribution in [0.25, 0.3) is 0 Å². The quantitative estimate of drug-likeness (QED) is 0.702. The van der Waals surface area contributed by atoms with Gasteiger partial charge in [-0.15, -0.1) is 0 Å². The van der Waals surface area contributed by atoms with E-state index in [0.717, 1.165) is 13.0 Å². The van der Waals surface area contributed by atoms with E-state index in [1.165, 1.54) is 0 Å². The van der Waals surface area contributed by atoms with Crippen molar-refractivity contribution >= 4 is 17.7 Å². The zero-order chi connectivity index (χ0) is 13.8. The largest absolute Gasteiger partial charge is 0.355 e. The molecule has 6 nitrogen and oxygen atoms in total. The molecule has 6 heteroatoms. The predicted molar refractivity (Wildman–Crippen MR) is 69.2 cm³/mol. The van der Waals surface area contributed by atoms with Crippen LogP contribution in [0.5, 0.6) is 0 Å². The average Bonchev–Trinajstić information content (AvgIpc) is 2.64. The summed E-state index contributed by atoms with van der Waals surface area (Å²) in [5.41, 5.74) is 0. The van der Waals surface area contributed by atoms with Crippen molar-refractivity contribution in [3.63, 3.8) is 0 Å². The van der Waals surface area contributed by atoms with Crippen molar-refractivity contribution in [1.29, 1.82) is 0 Å². The molecule has 0 aliphatic carbocycles. The van der Waals surface area contributed by atoms with Crippen molar-refractivity contribution in [2.45, 2.75) is 26.2 Å². The number of amides is 3. The summed E-state index contributed by atoms with van der Waals surface area (Å²) in [6.07, 6.45) is 1.89. The Hall–Kier alpha value is -1.59. The van der Waals surface area contributed by atoms with E-state index in [1.54, 1.807) is 11.8 Å². The van der Waals surface area contributed by atoms with E-state index in [-0.39, 0.29) is 23.6 Å². The van der Waals surface area contributed by atoms with Crippen LogP contribution in [0.15, 0.2) is 0 Å². The van der Waals surface area contributed by atoms with Gasteiger partial charge in [0.25, 0.3) is 0 Å². The Kier molecular flexibility index (Phi) is 4.39. The third kappa shape index (κ3) is 3.45. The third-order valence-electron chi connectivity index (χ3n) is 3.87. The van der Waals surface area contributed by atoms with Gasteiger partial charge in [0, 0.05) is 46.1 Å². The molecular weight excluding hydrogens is 246 g/mol. The molecule has 1 atom stereocenters. The lowest BCUT2D eigenvalue weighted by Crippen LogP contribution is -2.46. The molecule has 1 unspecified atom stereocenters. The van der Waals surface area contributed by atoms with Gasteiger partial charge in [0.1, 0.15) is 0 Å². The minimum atomic E-state index is -0.0958. The van der Waals surface area contributed by atoms with E-state index >= 15 is 0 Å². The van der Waals surface area contributed by atoms with Crippen LogP contribution in [0.2, 0.25) is 0 Å². The number of hydrogen-bond donors (Lipinski definition) is 1. The average molecular weight is 267 g/mol. The third-order valence-corrected chi connectivity index (χ3v) is 3.87. The molecule has 0 aromatic carbocycles. The molecule has 0 aromatic rings.